The normalized spacial score (nSPS) is 10.8. The zero-order valence-electron chi connectivity index (χ0n) is 15.4. The standard InChI is InChI=1S/C20H21FN2O5/c1-2-12-22(20(24)25)17-8-5-15(6-9-17)3-4-16-7-10-18(23(26)27)19(14-16)28-13-11-21/h3-10,14H,2,11-13H2,1H3,(H,24,25)/b4-3+. The number of carbonyl (C=O) groups is 1. The molecule has 0 aliphatic heterocycles. The van der Waals surface area contributed by atoms with Crippen LogP contribution >= 0.6 is 0 Å². The molecular formula is C20H21FN2O5. The first kappa shape index (κ1) is 20.9. The molecule has 2 aromatic rings. The SMILES string of the molecule is CCCN(C(=O)O)c1ccc(/C=C/c2ccc([N+](=O)[O-])c(OCCF)c2)cc1. The van der Waals surface area contributed by atoms with E-state index >= 15 is 0 Å². The average molecular weight is 388 g/mol. The van der Waals surface area contributed by atoms with Gasteiger partial charge in [0.2, 0.25) is 0 Å². The van der Waals surface area contributed by atoms with E-state index in [0.717, 1.165) is 5.56 Å². The topological polar surface area (TPSA) is 92.9 Å². The summed E-state index contributed by atoms with van der Waals surface area (Å²) in [6.45, 7) is 1.32. The smallest absolute Gasteiger partial charge is 0.411 e. The molecule has 0 saturated carbocycles. The minimum Gasteiger partial charge on any atom is -0.484 e. The fourth-order valence-corrected chi connectivity index (χ4v) is 2.57. The van der Waals surface area contributed by atoms with Crippen LogP contribution in [0.4, 0.5) is 20.6 Å². The summed E-state index contributed by atoms with van der Waals surface area (Å²) in [7, 11) is 0. The van der Waals surface area contributed by atoms with Crippen molar-refractivity contribution < 1.29 is 24.0 Å². The molecule has 0 heterocycles. The van der Waals surface area contributed by atoms with Crippen molar-refractivity contribution in [3.63, 3.8) is 0 Å². The van der Waals surface area contributed by atoms with Crippen molar-refractivity contribution in [3.8, 4) is 5.75 Å². The first-order chi connectivity index (χ1) is 13.5. The number of halogens is 1. The third-order valence-corrected chi connectivity index (χ3v) is 3.87. The van der Waals surface area contributed by atoms with Crippen LogP contribution in [0, 0.1) is 10.1 Å². The predicted octanol–water partition coefficient (Wildman–Crippen LogP) is 5.01. The Morgan fingerprint density at radius 1 is 1.21 bits per heavy atom. The van der Waals surface area contributed by atoms with Crippen LogP contribution in [-0.2, 0) is 0 Å². The van der Waals surface area contributed by atoms with Gasteiger partial charge in [0.1, 0.15) is 13.3 Å². The van der Waals surface area contributed by atoms with Crippen LogP contribution in [0.25, 0.3) is 12.2 Å². The highest BCUT2D eigenvalue weighted by Crippen LogP contribution is 2.29. The van der Waals surface area contributed by atoms with Gasteiger partial charge >= 0.3 is 11.8 Å². The van der Waals surface area contributed by atoms with Crippen molar-refractivity contribution in [2.24, 2.45) is 0 Å². The minimum absolute atomic E-state index is 0.0109. The van der Waals surface area contributed by atoms with Gasteiger partial charge < -0.3 is 9.84 Å². The van der Waals surface area contributed by atoms with Gasteiger partial charge in [-0.2, -0.15) is 0 Å². The van der Waals surface area contributed by atoms with Gasteiger partial charge in [0, 0.05) is 18.3 Å². The Morgan fingerprint density at radius 2 is 1.86 bits per heavy atom. The van der Waals surface area contributed by atoms with Crippen molar-refractivity contribution in [2.75, 3.05) is 24.7 Å². The summed E-state index contributed by atoms with van der Waals surface area (Å²) in [6, 6.07) is 11.4. The van der Waals surface area contributed by atoms with Crippen molar-refractivity contribution in [2.45, 2.75) is 13.3 Å². The number of rotatable bonds is 9. The Bertz CT molecular complexity index is 852. The van der Waals surface area contributed by atoms with Crippen molar-refractivity contribution in [3.05, 3.63) is 63.7 Å². The lowest BCUT2D eigenvalue weighted by Crippen LogP contribution is -2.29. The molecule has 0 aliphatic carbocycles. The number of hydrogen-bond acceptors (Lipinski definition) is 4. The number of ether oxygens (including phenoxy) is 1. The predicted molar refractivity (Wildman–Crippen MR) is 106 cm³/mol. The van der Waals surface area contributed by atoms with Crippen LogP contribution in [0.2, 0.25) is 0 Å². The molecule has 7 nitrogen and oxygen atoms in total. The summed E-state index contributed by atoms with van der Waals surface area (Å²) in [5.74, 6) is 0.0109. The lowest BCUT2D eigenvalue weighted by atomic mass is 10.1. The van der Waals surface area contributed by atoms with Gasteiger partial charge in [0.25, 0.3) is 0 Å². The third kappa shape index (κ3) is 5.54. The lowest BCUT2D eigenvalue weighted by molar-refractivity contribution is -0.385. The Balaban J connectivity index is 2.18. The molecule has 0 aromatic heterocycles. The quantitative estimate of drug-likeness (QED) is 0.370. The molecule has 2 aromatic carbocycles. The number of hydrogen-bond donors (Lipinski definition) is 1. The van der Waals surface area contributed by atoms with Gasteiger partial charge in [-0.3, -0.25) is 15.0 Å². The second kappa shape index (κ2) is 10.1. The van der Waals surface area contributed by atoms with Crippen LogP contribution in [0.15, 0.2) is 42.5 Å². The number of benzene rings is 2. The minimum atomic E-state index is -1.00. The van der Waals surface area contributed by atoms with Crippen LogP contribution < -0.4 is 9.64 Å². The molecule has 0 bridgehead atoms. The number of nitrogens with zero attached hydrogens (tertiary/aromatic N) is 2. The van der Waals surface area contributed by atoms with E-state index in [2.05, 4.69) is 0 Å². The molecule has 148 valence electrons. The summed E-state index contributed by atoms with van der Waals surface area (Å²) < 4.78 is 17.4. The van der Waals surface area contributed by atoms with E-state index in [-0.39, 0.29) is 18.0 Å². The van der Waals surface area contributed by atoms with E-state index in [9.17, 15) is 24.4 Å². The zero-order chi connectivity index (χ0) is 20.5. The van der Waals surface area contributed by atoms with E-state index in [1.54, 1.807) is 42.5 Å². The van der Waals surface area contributed by atoms with Gasteiger partial charge in [-0.15, -0.1) is 0 Å². The molecule has 1 N–H and O–H groups in total. The van der Waals surface area contributed by atoms with Crippen molar-refractivity contribution in [1.29, 1.82) is 0 Å². The number of nitro benzene ring substituents is 1. The number of alkyl halides is 1. The molecule has 0 atom stereocenters. The summed E-state index contributed by atoms with van der Waals surface area (Å²) in [4.78, 5) is 23.0. The average Bonchev–Trinajstić information content (AvgIpc) is 2.69. The van der Waals surface area contributed by atoms with E-state index in [1.165, 1.54) is 17.0 Å². The highest BCUT2D eigenvalue weighted by molar-refractivity contribution is 5.86. The molecule has 2 rings (SSSR count). The summed E-state index contributed by atoms with van der Waals surface area (Å²) in [6.07, 6.45) is 3.23. The maximum atomic E-state index is 12.3. The molecule has 28 heavy (non-hydrogen) atoms. The highest BCUT2D eigenvalue weighted by atomic mass is 19.1. The van der Waals surface area contributed by atoms with Crippen LogP contribution in [-0.4, -0.2) is 35.9 Å². The van der Waals surface area contributed by atoms with E-state index in [0.29, 0.717) is 24.2 Å². The summed E-state index contributed by atoms with van der Waals surface area (Å²) in [5, 5.41) is 20.3. The molecule has 0 unspecified atom stereocenters. The molecule has 0 saturated heterocycles. The maximum absolute atomic E-state index is 12.3. The summed E-state index contributed by atoms with van der Waals surface area (Å²) >= 11 is 0. The van der Waals surface area contributed by atoms with Crippen LogP contribution in [0.5, 0.6) is 5.75 Å². The Labute approximate surface area is 161 Å². The molecule has 0 spiro atoms. The highest BCUT2D eigenvalue weighted by Gasteiger charge is 2.15. The van der Waals surface area contributed by atoms with E-state index < -0.39 is 17.7 Å². The zero-order valence-corrected chi connectivity index (χ0v) is 15.4. The van der Waals surface area contributed by atoms with Crippen LogP contribution in [0.1, 0.15) is 24.5 Å². The molecule has 1 amide bonds. The second-order valence-electron chi connectivity index (χ2n) is 5.88. The largest absolute Gasteiger partial charge is 0.484 e. The molecule has 0 radical (unpaired) electrons. The van der Waals surface area contributed by atoms with Gasteiger partial charge in [0.05, 0.1) is 4.92 Å². The summed E-state index contributed by atoms with van der Waals surface area (Å²) in [5.41, 5.74) is 1.85. The molecule has 0 aliphatic rings. The number of carboxylic acid groups (broad SMARTS) is 1. The van der Waals surface area contributed by atoms with Crippen molar-refractivity contribution in [1.82, 2.24) is 0 Å². The molecule has 8 heteroatoms. The van der Waals surface area contributed by atoms with Crippen molar-refractivity contribution >= 4 is 29.6 Å². The monoisotopic (exact) mass is 388 g/mol. The van der Waals surface area contributed by atoms with Crippen LogP contribution in [0.3, 0.4) is 0 Å². The first-order valence-electron chi connectivity index (χ1n) is 8.72. The fraction of sp³-hybridized carbons (Fsp3) is 0.250. The Kier molecular flexibility index (Phi) is 7.50. The first-order valence-corrected chi connectivity index (χ1v) is 8.72. The van der Waals surface area contributed by atoms with Gasteiger partial charge in [-0.25, -0.2) is 9.18 Å². The van der Waals surface area contributed by atoms with Gasteiger partial charge in [-0.05, 0) is 41.8 Å². The number of nitro groups is 1. The van der Waals surface area contributed by atoms with E-state index in [1.807, 2.05) is 6.92 Å². The maximum Gasteiger partial charge on any atom is 0.411 e. The lowest BCUT2D eigenvalue weighted by Gasteiger charge is -2.18. The molecular weight excluding hydrogens is 367 g/mol. The van der Waals surface area contributed by atoms with Gasteiger partial charge in [-0.1, -0.05) is 31.2 Å². The van der Waals surface area contributed by atoms with E-state index in [4.69, 9.17) is 4.74 Å². The third-order valence-electron chi connectivity index (χ3n) is 3.87. The number of amides is 1. The second-order valence-corrected chi connectivity index (χ2v) is 5.88. The fourth-order valence-electron chi connectivity index (χ4n) is 2.57. The Morgan fingerprint density at radius 3 is 2.43 bits per heavy atom. The van der Waals surface area contributed by atoms with Gasteiger partial charge in [0.15, 0.2) is 5.75 Å². The number of anilines is 1. The Hall–Kier alpha value is -3.42. The molecule has 0 fully saturated rings.